The summed E-state index contributed by atoms with van der Waals surface area (Å²) in [4.78, 5) is 0. The maximum absolute atomic E-state index is 9.05. The van der Waals surface area contributed by atoms with Crippen LogP contribution in [0.15, 0.2) is 0 Å². The van der Waals surface area contributed by atoms with E-state index in [-0.39, 0.29) is 6.10 Å². The van der Waals surface area contributed by atoms with Crippen molar-refractivity contribution in [3.8, 4) is 6.07 Å². The highest BCUT2D eigenvalue weighted by Crippen LogP contribution is 2.25. The summed E-state index contributed by atoms with van der Waals surface area (Å²) in [6, 6.07) is 2.30. The zero-order chi connectivity index (χ0) is 12.0. The minimum absolute atomic E-state index is 0.151. The summed E-state index contributed by atoms with van der Waals surface area (Å²) < 4.78 is 5.83. The summed E-state index contributed by atoms with van der Waals surface area (Å²) in [6.45, 7) is 4.84. The maximum atomic E-state index is 9.05. The second kappa shape index (κ2) is 6.22. The number of ether oxygens (including phenoxy) is 1. The average Bonchev–Trinajstić information content (AvgIpc) is 2.79. The van der Waals surface area contributed by atoms with Crippen LogP contribution in [0.5, 0.6) is 0 Å². The van der Waals surface area contributed by atoms with Crippen molar-refractivity contribution in [3.63, 3.8) is 0 Å². The summed E-state index contributed by atoms with van der Waals surface area (Å²) in [7, 11) is 1.83. The predicted molar refractivity (Wildman–Crippen MR) is 65.1 cm³/mol. The fourth-order valence-corrected chi connectivity index (χ4v) is 2.31. The van der Waals surface area contributed by atoms with E-state index in [2.05, 4.69) is 18.3 Å². The van der Waals surface area contributed by atoms with Crippen molar-refractivity contribution < 1.29 is 4.74 Å². The van der Waals surface area contributed by atoms with Gasteiger partial charge in [-0.15, -0.1) is 0 Å². The quantitative estimate of drug-likeness (QED) is 0.754. The molecule has 92 valence electrons. The summed E-state index contributed by atoms with van der Waals surface area (Å²) in [6.07, 6.45) is 6.23. The van der Waals surface area contributed by atoms with Gasteiger partial charge in [0.1, 0.15) is 5.54 Å². The Labute approximate surface area is 99.2 Å². The Morgan fingerprint density at radius 3 is 2.62 bits per heavy atom. The van der Waals surface area contributed by atoms with Gasteiger partial charge in [-0.3, -0.25) is 0 Å². The molecule has 0 aromatic carbocycles. The van der Waals surface area contributed by atoms with Gasteiger partial charge in [0.05, 0.1) is 12.2 Å². The molecule has 0 amide bonds. The van der Waals surface area contributed by atoms with E-state index in [4.69, 9.17) is 10.00 Å². The second-order valence-electron chi connectivity index (χ2n) is 5.19. The van der Waals surface area contributed by atoms with Crippen molar-refractivity contribution in [2.75, 3.05) is 13.7 Å². The van der Waals surface area contributed by atoms with Gasteiger partial charge in [0, 0.05) is 13.0 Å². The Balaban J connectivity index is 2.24. The van der Waals surface area contributed by atoms with Crippen LogP contribution in [0.25, 0.3) is 0 Å². The summed E-state index contributed by atoms with van der Waals surface area (Å²) in [5.41, 5.74) is -0.463. The van der Waals surface area contributed by atoms with E-state index in [1.807, 2.05) is 14.0 Å². The predicted octanol–water partition coefficient (Wildman–Crippen LogP) is 2.47. The van der Waals surface area contributed by atoms with Gasteiger partial charge in [0.2, 0.25) is 0 Å². The lowest BCUT2D eigenvalue weighted by molar-refractivity contribution is 0.0268. The molecule has 0 aromatic heterocycles. The normalized spacial score (nSPS) is 22.6. The molecule has 16 heavy (non-hydrogen) atoms. The van der Waals surface area contributed by atoms with Crippen molar-refractivity contribution >= 4 is 0 Å². The number of rotatable bonds is 6. The van der Waals surface area contributed by atoms with E-state index in [0.29, 0.717) is 0 Å². The monoisotopic (exact) mass is 224 g/mol. The molecule has 2 atom stereocenters. The van der Waals surface area contributed by atoms with Gasteiger partial charge in [0.15, 0.2) is 0 Å². The Morgan fingerprint density at radius 1 is 1.50 bits per heavy atom. The Morgan fingerprint density at radius 2 is 2.12 bits per heavy atom. The smallest absolute Gasteiger partial charge is 0.106 e. The summed E-state index contributed by atoms with van der Waals surface area (Å²) >= 11 is 0. The highest BCUT2D eigenvalue weighted by molar-refractivity contribution is 5.03. The highest BCUT2D eigenvalue weighted by atomic mass is 16.5. The van der Waals surface area contributed by atoms with Gasteiger partial charge < -0.3 is 10.1 Å². The molecule has 0 saturated heterocycles. The number of hydrogen-bond acceptors (Lipinski definition) is 3. The lowest BCUT2D eigenvalue weighted by atomic mass is 9.97. The van der Waals surface area contributed by atoms with Crippen molar-refractivity contribution in [3.05, 3.63) is 0 Å². The van der Waals surface area contributed by atoms with Crippen molar-refractivity contribution in [2.24, 2.45) is 5.92 Å². The molecule has 0 heterocycles. The van der Waals surface area contributed by atoms with Gasteiger partial charge in [-0.1, -0.05) is 12.8 Å². The Kier molecular flexibility index (Phi) is 5.24. The first kappa shape index (κ1) is 13.5. The van der Waals surface area contributed by atoms with E-state index in [0.717, 1.165) is 18.9 Å². The molecule has 1 aliphatic rings. The number of hydrogen-bond donors (Lipinski definition) is 1. The largest absolute Gasteiger partial charge is 0.378 e. The SMILES string of the molecule is CNC(C)(C#N)CC(C)OCC1CCCC1. The zero-order valence-electron chi connectivity index (χ0n) is 10.8. The van der Waals surface area contributed by atoms with E-state index in [1.165, 1.54) is 25.7 Å². The molecule has 0 aromatic rings. The molecular formula is C13H24N2O. The number of nitrogens with one attached hydrogen (secondary N) is 1. The molecule has 0 aliphatic heterocycles. The van der Waals surface area contributed by atoms with Crippen LogP contribution >= 0.6 is 0 Å². The van der Waals surface area contributed by atoms with Crippen molar-refractivity contribution in [2.45, 2.75) is 57.6 Å². The van der Waals surface area contributed by atoms with E-state index in [9.17, 15) is 0 Å². The fourth-order valence-electron chi connectivity index (χ4n) is 2.31. The topological polar surface area (TPSA) is 45.0 Å². The zero-order valence-corrected chi connectivity index (χ0v) is 10.8. The molecule has 0 radical (unpaired) electrons. The molecule has 0 bridgehead atoms. The van der Waals surface area contributed by atoms with Crippen LogP contribution in [0, 0.1) is 17.2 Å². The van der Waals surface area contributed by atoms with Crippen LogP contribution < -0.4 is 5.32 Å². The van der Waals surface area contributed by atoms with Gasteiger partial charge in [-0.2, -0.15) is 5.26 Å². The molecule has 1 rings (SSSR count). The minimum Gasteiger partial charge on any atom is -0.378 e. The molecule has 1 aliphatic carbocycles. The van der Waals surface area contributed by atoms with Gasteiger partial charge in [-0.25, -0.2) is 0 Å². The molecule has 1 N–H and O–H groups in total. The Bertz CT molecular complexity index is 243. The number of nitrogens with zero attached hydrogens (tertiary/aromatic N) is 1. The molecule has 3 heteroatoms. The first-order valence-corrected chi connectivity index (χ1v) is 6.31. The molecule has 0 spiro atoms. The van der Waals surface area contributed by atoms with E-state index < -0.39 is 5.54 Å². The summed E-state index contributed by atoms with van der Waals surface area (Å²) in [5.74, 6) is 0.755. The average molecular weight is 224 g/mol. The van der Waals surface area contributed by atoms with Crippen LogP contribution in [0.2, 0.25) is 0 Å². The lowest BCUT2D eigenvalue weighted by Crippen LogP contribution is -2.41. The van der Waals surface area contributed by atoms with Crippen LogP contribution in [0.3, 0.4) is 0 Å². The van der Waals surface area contributed by atoms with Gasteiger partial charge >= 0.3 is 0 Å². The summed E-state index contributed by atoms with van der Waals surface area (Å²) in [5, 5.41) is 12.1. The first-order valence-electron chi connectivity index (χ1n) is 6.31. The van der Waals surface area contributed by atoms with Crippen molar-refractivity contribution in [1.29, 1.82) is 5.26 Å². The lowest BCUT2D eigenvalue weighted by Gasteiger charge is -2.25. The first-order chi connectivity index (χ1) is 7.59. The van der Waals surface area contributed by atoms with Crippen LogP contribution in [0.1, 0.15) is 46.0 Å². The number of nitriles is 1. The van der Waals surface area contributed by atoms with Gasteiger partial charge in [-0.05, 0) is 39.7 Å². The standard InChI is InChI=1S/C13H24N2O/c1-11(8-13(2,10-14)15-3)16-9-12-6-4-5-7-12/h11-12,15H,4-9H2,1-3H3. The molecule has 1 saturated carbocycles. The Hall–Kier alpha value is -0.590. The molecule has 1 fully saturated rings. The van der Waals surface area contributed by atoms with Crippen LogP contribution in [-0.4, -0.2) is 25.3 Å². The van der Waals surface area contributed by atoms with Crippen molar-refractivity contribution in [1.82, 2.24) is 5.32 Å². The third-order valence-electron chi connectivity index (χ3n) is 3.59. The highest BCUT2D eigenvalue weighted by Gasteiger charge is 2.25. The van der Waals surface area contributed by atoms with Crippen LogP contribution in [-0.2, 0) is 4.74 Å². The molecule has 2 unspecified atom stereocenters. The fraction of sp³-hybridized carbons (Fsp3) is 0.923. The second-order valence-corrected chi connectivity index (χ2v) is 5.19. The van der Waals surface area contributed by atoms with Gasteiger partial charge in [0.25, 0.3) is 0 Å². The molecular weight excluding hydrogens is 200 g/mol. The maximum Gasteiger partial charge on any atom is 0.106 e. The van der Waals surface area contributed by atoms with E-state index in [1.54, 1.807) is 0 Å². The molecule has 3 nitrogen and oxygen atoms in total. The van der Waals surface area contributed by atoms with Crippen LogP contribution in [0.4, 0.5) is 0 Å². The third kappa shape index (κ3) is 4.11. The minimum atomic E-state index is -0.463. The van der Waals surface area contributed by atoms with E-state index >= 15 is 0 Å². The third-order valence-corrected chi connectivity index (χ3v) is 3.59.